The Bertz CT molecular complexity index is 907. The number of rotatable bonds is 4. The average molecular weight is 411 g/mol. The van der Waals surface area contributed by atoms with Crippen LogP contribution in [-0.4, -0.2) is 46.8 Å². The van der Waals surface area contributed by atoms with Crippen molar-refractivity contribution in [2.24, 2.45) is 17.6 Å². The first-order chi connectivity index (χ1) is 14.7. The van der Waals surface area contributed by atoms with Gasteiger partial charge in [-0.3, -0.25) is 30.8 Å². The van der Waals surface area contributed by atoms with Crippen molar-refractivity contribution < 1.29 is 4.79 Å². The molecule has 1 saturated carbocycles. The van der Waals surface area contributed by atoms with E-state index in [1.54, 1.807) is 12.4 Å². The minimum absolute atomic E-state index is 0.0182. The van der Waals surface area contributed by atoms with Crippen molar-refractivity contribution in [1.29, 1.82) is 0 Å². The molecule has 1 amide bonds. The molecule has 2 aliphatic heterocycles. The molecule has 9 heteroatoms. The highest BCUT2D eigenvalue weighted by Gasteiger charge is 2.44. The lowest BCUT2D eigenvalue weighted by Crippen LogP contribution is -2.69. The quantitative estimate of drug-likeness (QED) is 0.428. The summed E-state index contributed by atoms with van der Waals surface area (Å²) in [7, 11) is 0. The van der Waals surface area contributed by atoms with Gasteiger partial charge >= 0.3 is 0 Å². The highest BCUT2D eigenvalue weighted by molar-refractivity contribution is 5.81. The first-order valence-electron chi connectivity index (χ1n) is 10.9. The topological polar surface area (TPSA) is 129 Å². The van der Waals surface area contributed by atoms with Gasteiger partial charge in [0, 0.05) is 36.7 Å². The zero-order valence-corrected chi connectivity index (χ0v) is 17.0. The van der Waals surface area contributed by atoms with Gasteiger partial charge < -0.3 is 11.1 Å². The first kappa shape index (κ1) is 19.6. The average Bonchev–Trinajstić information content (AvgIpc) is 2.75. The summed E-state index contributed by atoms with van der Waals surface area (Å²) in [5.41, 5.74) is 14.8. The molecule has 1 aliphatic carbocycles. The number of benzene rings is 1. The van der Waals surface area contributed by atoms with Crippen molar-refractivity contribution in [3.8, 4) is 0 Å². The summed E-state index contributed by atoms with van der Waals surface area (Å²) in [4.78, 5) is 21.4. The Kier molecular flexibility index (Phi) is 5.51. The molecular weight excluding hydrogens is 380 g/mol. The molecule has 0 spiro atoms. The highest BCUT2D eigenvalue weighted by Crippen LogP contribution is 2.30. The Balaban J connectivity index is 1.36. The van der Waals surface area contributed by atoms with Gasteiger partial charge in [-0.15, -0.1) is 0 Å². The van der Waals surface area contributed by atoms with Crippen molar-refractivity contribution >= 4 is 22.6 Å². The summed E-state index contributed by atoms with van der Waals surface area (Å²) in [6.07, 6.45) is 8.77. The molecule has 9 nitrogen and oxygen atoms in total. The number of hydrogen-bond donors (Lipinski definition) is 6. The van der Waals surface area contributed by atoms with E-state index in [0.717, 1.165) is 42.5 Å². The van der Waals surface area contributed by atoms with Crippen LogP contribution in [0.15, 0.2) is 30.6 Å². The summed E-state index contributed by atoms with van der Waals surface area (Å²) in [6, 6.07) is 6.42. The van der Waals surface area contributed by atoms with Gasteiger partial charge in [0.05, 0.1) is 29.3 Å². The Morgan fingerprint density at radius 2 is 1.93 bits per heavy atom. The van der Waals surface area contributed by atoms with Crippen LogP contribution in [0.2, 0.25) is 0 Å². The van der Waals surface area contributed by atoms with Gasteiger partial charge in [-0.25, -0.2) is 5.43 Å². The molecule has 7 N–H and O–H groups in total. The summed E-state index contributed by atoms with van der Waals surface area (Å²) in [6.45, 7) is 0.758. The van der Waals surface area contributed by atoms with E-state index in [0.29, 0.717) is 6.04 Å². The zero-order chi connectivity index (χ0) is 20.5. The number of nitrogens with one attached hydrogen (secondary N) is 5. The summed E-state index contributed by atoms with van der Waals surface area (Å²) in [5.74, 6) is 0.0848. The largest absolute Gasteiger partial charge is 0.369 e. The lowest BCUT2D eigenvalue weighted by atomic mass is 9.80. The van der Waals surface area contributed by atoms with E-state index >= 15 is 0 Å². The normalized spacial score (nSPS) is 34.2. The maximum Gasteiger partial charge on any atom is 0.240 e. The molecule has 30 heavy (non-hydrogen) atoms. The van der Waals surface area contributed by atoms with Crippen molar-refractivity contribution in [3.63, 3.8) is 0 Å². The molecule has 0 bridgehead atoms. The van der Waals surface area contributed by atoms with Gasteiger partial charge in [-0.05, 0) is 43.4 Å². The van der Waals surface area contributed by atoms with E-state index in [2.05, 4.69) is 36.8 Å². The number of anilines is 1. The van der Waals surface area contributed by atoms with Crippen LogP contribution in [0.1, 0.15) is 32.1 Å². The second kappa shape index (κ2) is 8.43. The van der Waals surface area contributed by atoms with Crippen LogP contribution in [-0.2, 0) is 4.79 Å². The van der Waals surface area contributed by atoms with Crippen molar-refractivity contribution in [1.82, 2.24) is 31.5 Å². The number of hydrazine groups is 1. The fourth-order valence-electron chi connectivity index (χ4n) is 5.14. The standard InChI is InChI=1S/C21H30N8O/c22-14-3-1-2-4-15(14)27-18-9-12-11-25-29-21(30)19(12)20(28-18)26-13-5-6-16-17(10-13)24-8-7-23-16/h5-8,10,12,14-15,18-20,25-28H,1-4,9,11,22H2,(H,29,30)/t12?,14-,15+,18?,19?,20?/m0/s1. The van der Waals surface area contributed by atoms with Crippen LogP contribution in [0, 0.1) is 11.8 Å². The Hall–Kier alpha value is -2.33. The maximum atomic E-state index is 12.7. The predicted octanol–water partition coefficient (Wildman–Crippen LogP) is 0.414. The van der Waals surface area contributed by atoms with Crippen LogP contribution in [0.5, 0.6) is 0 Å². The number of piperidine rings is 1. The minimum Gasteiger partial charge on any atom is -0.369 e. The maximum absolute atomic E-state index is 12.7. The smallest absolute Gasteiger partial charge is 0.240 e. The second-order valence-corrected chi connectivity index (χ2v) is 8.71. The monoisotopic (exact) mass is 410 g/mol. The minimum atomic E-state index is -0.197. The SMILES string of the molecule is N[C@H]1CCCC[C@H]1NC1CC2CNNC(=O)C2C(Nc2ccc3nccnc3c2)N1. The van der Waals surface area contributed by atoms with Crippen molar-refractivity contribution in [2.75, 3.05) is 11.9 Å². The Morgan fingerprint density at radius 3 is 2.80 bits per heavy atom. The molecule has 3 fully saturated rings. The number of carbonyl (C=O) groups is 1. The van der Waals surface area contributed by atoms with E-state index in [9.17, 15) is 4.79 Å². The highest BCUT2D eigenvalue weighted by atomic mass is 16.2. The number of hydrogen-bond acceptors (Lipinski definition) is 8. The number of nitrogens with two attached hydrogens (primary N) is 1. The molecule has 6 atom stereocenters. The van der Waals surface area contributed by atoms with Crippen LogP contribution in [0.3, 0.4) is 0 Å². The number of nitrogens with zero attached hydrogens (tertiary/aromatic N) is 2. The number of aromatic nitrogens is 2. The molecule has 1 aromatic heterocycles. The molecule has 160 valence electrons. The van der Waals surface area contributed by atoms with Crippen LogP contribution < -0.4 is 32.5 Å². The van der Waals surface area contributed by atoms with Gasteiger partial charge in [-0.2, -0.15) is 0 Å². The predicted molar refractivity (Wildman–Crippen MR) is 115 cm³/mol. The van der Waals surface area contributed by atoms with Gasteiger partial charge in [0.2, 0.25) is 5.91 Å². The molecule has 0 radical (unpaired) electrons. The summed E-state index contributed by atoms with van der Waals surface area (Å²) in [5, 5.41) is 10.9. The molecule has 4 unspecified atom stereocenters. The van der Waals surface area contributed by atoms with Crippen LogP contribution >= 0.6 is 0 Å². The van der Waals surface area contributed by atoms with Gasteiger partial charge in [0.15, 0.2) is 0 Å². The van der Waals surface area contributed by atoms with Crippen LogP contribution in [0.4, 0.5) is 5.69 Å². The third-order valence-electron chi connectivity index (χ3n) is 6.69. The lowest BCUT2D eigenvalue weighted by molar-refractivity contribution is -0.133. The third kappa shape index (κ3) is 3.98. The third-order valence-corrected chi connectivity index (χ3v) is 6.69. The summed E-state index contributed by atoms with van der Waals surface area (Å²) < 4.78 is 0. The fourth-order valence-corrected chi connectivity index (χ4v) is 5.14. The molecular formula is C21H30N8O. The molecule has 2 aromatic rings. The molecule has 5 rings (SSSR count). The van der Waals surface area contributed by atoms with Crippen molar-refractivity contribution in [2.45, 2.75) is 56.5 Å². The number of carbonyl (C=O) groups excluding carboxylic acids is 1. The van der Waals surface area contributed by atoms with E-state index in [1.165, 1.54) is 12.8 Å². The van der Waals surface area contributed by atoms with E-state index < -0.39 is 0 Å². The number of amides is 1. The van der Waals surface area contributed by atoms with Gasteiger partial charge in [-0.1, -0.05) is 12.8 Å². The lowest BCUT2D eigenvalue weighted by Gasteiger charge is -2.46. The zero-order valence-electron chi connectivity index (χ0n) is 17.0. The van der Waals surface area contributed by atoms with Crippen molar-refractivity contribution in [3.05, 3.63) is 30.6 Å². The fraction of sp³-hybridized carbons (Fsp3) is 0.571. The molecule has 3 heterocycles. The van der Waals surface area contributed by atoms with Crippen LogP contribution in [0.25, 0.3) is 11.0 Å². The second-order valence-electron chi connectivity index (χ2n) is 8.71. The molecule has 2 saturated heterocycles. The first-order valence-corrected chi connectivity index (χ1v) is 10.9. The van der Waals surface area contributed by atoms with E-state index in [-0.39, 0.29) is 36.1 Å². The summed E-state index contributed by atoms with van der Waals surface area (Å²) >= 11 is 0. The Morgan fingerprint density at radius 1 is 1.10 bits per heavy atom. The Labute approximate surface area is 175 Å². The van der Waals surface area contributed by atoms with Gasteiger partial charge in [0.1, 0.15) is 0 Å². The van der Waals surface area contributed by atoms with E-state index in [4.69, 9.17) is 5.73 Å². The van der Waals surface area contributed by atoms with Gasteiger partial charge in [0.25, 0.3) is 0 Å². The number of fused-ring (bicyclic) bond motifs is 2. The molecule has 3 aliphatic rings. The van der Waals surface area contributed by atoms with E-state index in [1.807, 2.05) is 18.2 Å². The molecule has 1 aromatic carbocycles.